The third kappa shape index (κ3) is 1.66. The Hall–Kier alpha value is -1.55. The topological polar surface area (TPSA) is 47.1 Å². The van der Waals surface area contributed by atoms with Crippen LogP contribution in [0.3, 0.4) is 0 Å². The lowest BCUT2D eigenvalue weighted by molar-refractivity contribution is 0.0598. The molecule has 3 fully saturated rings. The van der Waals surface area contributed by atoms with Crippen molar-refractivity contribution < 1.29 is 0 Å². The summed E-state index contributed by atoms with van der Waals surface area (Å²) < 4.78 is 2.29. The maximum atomic E-state index is 6.20. The minimum absolute atomic E-state index is 0.509. The highest BCUT2D eigenvalue weighted by Gasteiger charge is 2.36. The largest absolute Gasteiger partial charge is 0.369 e. The number of aromatic nitrogens is 2. The van der Waals surface area contributed by atoms with Gasteiger partial charge < -0.3 is 15.2 Å². The molecule has 2 aromatic rings. The molecule has 0 amide bonds. The lowest BCUT2D eigenvalue weighted by Gasteiger charge is -2.45. The molecule has 4 heteroatoms. The predicted molar refractivity (Wildman–Crippen MR) is 77.1 cm³/mol. The predicted octanol–water partition coefficient (Wildman–Crippen LogP) is 2.19. The van der Waals surface area contributed by atoms with E-state index in [9.17, 15) is 0 Å². The van der Waals surface area contributed by atoms with Gasteiger partial charge in [-0.3, -0.25) is 0 Å². The van der Waals surface area contributed by atoms with Gasteiger partial charge in [-0.1, -0.05) is 6.07 Å². The summed E-state index contributed by atoms with van der Waals surface area (Å²) in [5.41, 5.74) is 9.70. The average Bonchev–Trinajstić information content (AvgIpc) is 2.75. The molecule has 1 aromatic carbocycles. The van der Waals surface area contributed by atoms with Crippen molar-refractivity contribution in [3.05, 3.63) is 23.8 Å². The molecule has 0 radical (unpaired) electrons. The maximum absolute atomic E-state index is 6.20. The summed E-state index contributed by atoms with van der Waals surface area (Å²) in [5, 5.41) is 0. The standard InChI is InChI=1S/C15H20N4/c1-10-2-3-12-13(8-10)19(15(16)17-12)14-9-18-6-4-11(14)5-7-18/h2-3,8,11,14H,4-7,9H2,1H3,(H2,16,17). The molecule has 1 aromatic heterocycles. The number of hydrogen-bond acceptors (Lipinski definition) is 3. The maximum Gasteiger partial charge on any atom is 0.201 e. The summed E-state index contributed by atoms with van der Waals surface area (Å²) in [6, 6.07) is 6.92. The number of fused-ring (bicyclic) bond motifs is 4. The summed E-state index contributed by atoms with van der Waals surface area (Å²) in [4.78, 5) is 7.10. The second-order valence-electron chi connectivity index (χ2n) is 6.04. The van der Waals surface area contributed by atoms with Crippen molar-refractivity contribution in [1.29, 1.82) is 0 Å². The highest BCUT2D eigenvalue weighted by Crippen LogP contribution is 2.38. The molecule has 2 bridgehead atoms. The van der Waals surface area contributed by atoms with Crippen molar-refractivity contribution in [2.75, 3.05) is 25.4 Å². The highest BCUT2D eigenvalue weighted by molar-refractivity contribution is 5.79. The molecule has 3 aliphatic rings. The number of hydrogen-bond donors (Lipinski definition) is 1. The van der Waals surface area contributed by atoms with Crippen molar-refractivity contribution in [1.82, 2.24) is 14.5 Å². The van der Waals surface area contributed by atoms with Gasteiger partial charge in [0, 0.05) is 6.54 Å². The van der Waals surface area contributed by atoms with Crippen LogP contribution >= 0.6 is 0 Å². The third-order valence-electron chi connectivity index (χ3n) is 4.83. The number of benzene rings is 1. The van der Waals surface area contributed by atoms with Crippen LogP contribution in [0.5, 0.6) is 0 Å². The van der Waals surface area contributed by atoms with Crippen molar-refractivity contribution in [2.45, 2.75) is 25.8 Å². The van der Waals surface area contributed by atoms with Crippen LogP contribution in [0.25, 0.3) is 11.0 Å². The first-order valence-electron chi connectivity index (χ1n) is 7.19. The molecule has 3 saturated heterocycles. The minimum Gasteiger partial charge on any atom is -0.369 e. The third-order valence-corrected chi connectivity index (χ3v) is 4.83. The molecule has 1 unspecified atom stereocenters. The van der Waals surface area contributed by atoms with Crippen molar-refractivity contribution >= 4 is 17.0 Å². The molecule has 0 aliphatic carbocycles. The zero-order chi connectivity index (χ0) is 13.0. The Morgan fingerprint density at radius 3 is 2.74 bits per heavy atom. The van der Waals surface area contributed by atoms with Gasteiger partial charge in [0.2, 0.25) is 5.95 Å². The summed E-state index contributed by atoms with van der Waals surface area (Å²) in [5.74, 6) is 1.45. The van der Waals surface area contributed by atoms with Gasteiger partial charge in [0.05, 0.1) is 17.1 Å². The first-order chi connectivity index (χ1) is 9.22. The van der Waals surface area contributed by atoms with Gasteiger partial charge >= 0.3 is 0 Å². The normalized spacial score (nSPS) is 30.1. The first-order valence-corrected chi connectivity index (χ1v) is 7.19. The Kier molecular flexibility index (Phi) is 2.36. The quantitative estimate of drug-likeness (QED) is 0.851. The summed E-state index contributed by atoms with van der Waals surface area (Å²) in [6.45, 7) is 5.78. The monoisotopic (exact) mass is 256 g/mol. The van der Waals surface area contributed by atoms with Crippen LogP contribution in [0.15, 0.2) is 18.2 Å². The Morgan fingerprint density at radius 2 is 2.05 bits per heavy atom. The number of rotatable bonds is 1. The lowest BCUT2D eigenvalue weighted by atomic mass is 9.84. The molecule has 4 heterocycles. The number of nitrogens with zero attached hydrogens (tertiary/aromatic N) is 3. The number of nitrogens with two attached hydrogens (primary N) is 1. The van der Waals surface area contributed by atoms with E-state index in [-0.39, 0.29) is 0 Å². The summed E-state index contributed by atoms with van der Waals surface area (Å²) in [6.07, 6.45) is 2.60. The van der Waals surface area contributed by atoms with E-state index < -0.39 is 0 Å². The molecule has 1 atom stereocenters. The van der Waals surface area contributed by atoms with E-state index in [1.165, 1.54) is 37.0 Å². The van der Waals surface area contributed by atoms with Crippen LogP contribution in [0, 0.1) is 12.8 Å². The van der Waals surface area contributed by atoms with Crippen LogP contribution in [0.4, 0.5) is 5.95 Å². The van der Waals surface area contributed by atoms with Crippen LogP contribution < -0.4 is 5.73 Å². The average molecular weight is 256 g/mol. The fourth-order valence-electron chi connectivity index (χ4n) is 3.80. The zero-order valence-electron chi connectivity index (χ0n) is 11.3. The van der Waals surface area contributed by atoms with Gasteiger partial charge in [-0.2, -0.15) is 0 Å². The van der Waals surface area contributed by atoms with Crippen LogP contribution in [0.2, 0.25) is 0 Å². The number of aryl methyl sites for hydroxylation is 1. The van der Waals surface area contributed by atoms with E-state index in [0.717, 1.165) is 18.0 Å². The fourth-order valence-corrected chi connectivity index (χ4v) is 3.80. The SMILES string of the molecule is Cc1ccc2nc(N)n(C3CN4CCC3CC4)c2c1. The van der Waals surface area contributed by atoms with Crippen LogP contribution in [-0.2, 0) is 0 Å². The Bertz CT molecular complexity index is 622. The van der Waals surface area contributed by atoms with E-state index in [0.29, 0.717) is 12.0 Å². The molecule has 0 spiro atoms. The van der Waals surface area contributed by atoms with Gasteiger partial charge in [-0.25, -0.2) is 4.98 Å². The fraction of sp³-hybridized carbons (Fsp3) is 0.533. The number of nitrogen functional groups attached to an aromatic ring is 1. The lowest BCUT2D eigenvalue weighted by Crippen LogP contribution is -2.48. The van der Waals surface area contributed by atoms with Gasteiger partial charge in [0.25, 0.3) is 0 Å². The van der Waals surface area contributed by atoms with Crippen LogP contribution in [0.1, 0.15) is 24.4 Å². The van der Waals surface area contributed by atoms with E-state index in [1.54, 1.807) is 0 Å². The van der Waals surface area contributed by atoms with Crippen molar-refractivity contribution in [3.63, 3.8) is 0 Å². The Labute approximate surface area is 113 Å². The molecule has 2 N–H and O–H groups in total. The number of imidazole rings is 1. The molecular weight excluding hydrogens is 236 g/mol. The molecule has 4 nitrogen and oxygen atoms in total. The Morgan fingerprint density at radius 1 is 1.26 bits per heavy atom. The summed E-state index contributed by atoms with van der Waals surface area (Å²) in [7, 11) is 0. The zero-order valence-corrected chi connectivity index (χ0v) is 11.3. The van der Waals surface area contributed by atoms with E-state index in [1.807, 2.05) is 0 Å². The van der Waals surface area contributed by atoms with E-state index in [2.05, 4.69) is 39.6 Å². The molecule has 3 aliphatic heterocycles. The van der Waals surface area contributed by atoms with Gasteiger partial charge in [-0.05, 0) is 56.5 Å². The second kappa shape index (κ2) is 3.97. The first kappa shape index (κ1) is 11.3. The van der Waals surface area contributed by atoms with Crippen molar-refractivity contribution in [3.8, 4) is 0 Å². The minimum atomic E-state index is 0.509. The second-order valence-corrected chi connectivity index (χ2v) is 6.04. The van der Waals surface area contributed by atoms with Crippen molar-refractivity contribution in [2.24, 2.45) is 5.92 Å². The summed E-state index contributed by atoms with van der Waals surface area (Å²) >= 11 is 0. The van der Waals surface area contributed by atoms with Gasteiger partial charge in [0.15, 0.2) is 0 Å². The smallest absolute Gasteiger partial charge is 0.201 e. The van der Waals surface area contributed by atoms with Gasteiger partial charge in [-0.15, -0.1) is 0 Å². The van der Waals surface area contributed by atoms with E-state index >= 15 is 0 Å². The molecule has 100 valence electrons. The molecular formula is C15H20N4. The van der Waals surface area contributed by atoms with E-state index in [4.69, 9.17) is 5.73 Å². The molecule has 19 heavy (non-hydrogen) atoms. The molecule has 5 rings (SSSR count). The molecule has 0 saturated carbocycles. The van der Waals surface area contributed by atoms with Crippen LogP contribution in [-0.4, -0.2) is 34.1 Å². The number of piperidine rings is 3. The number of anilines is 1. The highest BCUT2D eigenvalue weighted by atomic mass is 15.2. The van der Waals surface area contributed by atoms with Gasteiger partial charge in [0.1, 0.15) is 0 Å². The Balaban J connectivity index is 1.86.